The van der Waals surface area contributed by atoms with Crippen LogP contribution in [0.5, 0.6) is 0 Å². The Hall–Kier alpha value is -1.46. The van der Waals surface area contributed by atoms with Gasteiger partial charge in [-0.3, -0.25) is 4.79 Å². The van der Waals surface area contributed by atoms with Gasteiger partial charge in [0.05, 0.1) is 15.8 Å². The largest absolute Gasteiger partial charge is 0.366 e. The number of carbonyl (C=O) groups excluding carboxylic acids is 1. The Morgan fingerprint density at radius 3 is 2.93 bits per heavy atom. The van der Waals surface area contributed by atoms with E-state index >= 15 is 0 Å². The van der Waals surface area contributed by atoms with E-state index in [1.165, 1.54) is 11.3 Å². The van der Waals surface area contributed by atoms with Gasteiger partial charge in [-0.1, -0.05) is 6.07 Å². The van der Waals surface area contributed by atoms with Gasteiger partial charge < -0.3 is 11.5 Å². The number of hydrogen-bond acceptors (Lipinski definition) is 4. The van der Waals surface area contributed by atoms with Gasteiger partial charge in [0.2, 0.25) is 0 Å². The first-order valence-corrected chi connectivity index (χ1v) is 4.92. The van der Waals surface area contributed by atoms with Crippen LogP contribution in [0.4, 0.5) is 0 Å². The molecule has 0 fully saturated rings. The highest BCUT2D eigenvalue weighted by Gasteiger charge is 2.10. The molecule has 0 atom stereocenters. The molecule has 0 aliphatic rings. The first-order valence-electron chi connectivity index (χ1n) is 4.10. The van der Waals surface area contributed by atoms with Crippen molar-refractivity contribution >= 4 is 27.5 Å². The molecular formula is C9H9N3OS. The maximum atomic E-state index is 11.1. The van der Waals surface area contributed by atoms with Crippen molar-refractivity contribution in [2.45, 2.75) is 6.54 Å². The second-order valence-corrected chi connectivity index (χ2v) is 3.94. The van der Waals surface area contributed by atoms with E-state index in [1.807, 2.05) is 6.07 Å². The van der Waals surface area contributed by atoms with Crippen molar-refractivity contribution in [3.8, 4) is 0 Å². The van der Waals surface area contributed by atoms with Crippen molar-refractivity contribution in [3.63, 3.8) is 0 Å². The molecule has 1 heterocycles. The van der Waals surface area contributed by atoms with E-state index < -0.39 is 5.91 Å². The molecule has 1 amide bonds. The average Bonchev–Trinajstić information content (AvgIpc) is 2.59. The van der Waals surface area contributed by atoms with Gasteiger partial charge in [-0.2, -0.15) is 0 Å². The lowest BCUT2D eigenvalue weighted by molar-refractivity contribution is 0.100. The molecule has 72 valence electrons. The molecule has 0 aliphatic carbocycles. The van der Waals surface area contributed by atoms with Crippen molar-refractivity contribution < 1.29 is 4.79 Å². The number of carbonyl (C=O) groups is 1. The van der Waals surface area contributed by atoms with Crippen LogP contribution in [0.2, 0.25) is 0 Å². The van der Waals surface area contributed by atoms with Crippen LogP contribution in [-0.2, 0) is 6.54 Å². The number of nitrogens with two attached hydrogens (primary N) is 2. The number of nitrogens with zero attached hydrogens (tertiary/aromatic N) is 1. The van der Waals surface area contributed by atoms with Gasteiger partial charge in [-0.25, -0.2) is 4.98 Å². The van der Waals surface area contributed by atoms with E-state index in [9.17, 15) is 4.79 Å². The fourth-order valence-electron chi connectivity index (χ4n) is 1.28. The average molecular weight is 207 g/mol. The zero-order chi connectivity index (χ0) is 10.1. The normalized spacial score (nSPS) is 10.6. The minimum Gasteiger partial charge on any atom is -0.366 e. The van der Waals surface area contributed by atoms with Crippen LogP contribution in [0.1, 0.15) is 15.4 Å². The second-order valence-electron chi connectivity index (χ2n) is 2.83. The molecule has 2 aromatic rings. The van der Waals surface area contributed by atoms with Gasteiger partial charge in [-0.15, -0.1) is 11.3 Å². The van der Waals surface area contributed by atoms with Crippen LogP contribution in [-0.4, -0.2) is 10.9 Å². The smallest absolute Gasteiger partial charge is 0.250 e. The zero-order valence-corrected chi connectivity index (χ0v) is 8.17. The molecule has 0 spiro atoms. The third-order valence-corrected chi connectivity index (χ3v) is 2.95. The van der Waals surface area contributed by atoms with E-state index in [0.29, 0.717) is 17.6 Å². The molecule has 0 bridgehead atoms. The number of rotatable bonds is 2. The summed E-state index contributed by atoms with van der Waals surface area (Å²) in [5.74, 6) is -0.454. The van der Waals surface area contributed by atoms with Gasteiger partial charge in [0.15, 0.2) is 0 Å². The van der Waals surface area contributed by atoms with Crippen LogP contribution in [0.3, 0.4) is 0 Å². The number of aromatic nitrogens is 1. The minimum atomic E-state index is -0.454. The molecule has 1 aromatic heterocycles. The number of fused-ring (bicyclic) bond motifs is 1. The highest BCUT2D eigenvalue weighted by molar-refractivity contribution is 7.18. The zero-order valence-electron chi connectivity index (χ0n) is 7.36. The molecule has 14 heavy (non-hydrogen) atoms. The summed E-state index contributed by atoms with van der Waals surface area (Å²) >= 11 is 1.48. The fourth-order valence-corrected chi connectivity index (χ4v) is 2.15. The lowest BCUT2D eigenvalue weighted by atomic mass is 10.2. The summed E-state index contributed by atoms with van der Waals surface area (Å²) < 4.78 is 0.946. The third-order valence-electron chi connectivity index (χ3n) is 1.90. The summed E-state index contributed by atoms with van der Waals surface area (Å²) in [4.78, 5) is 15.3. The molecule has 4 N–H and O–H groups in total. The number of benzene rings is 1. The molecule has 4 nitrogen and oxygen atoms in total. The van der Waals surface area contributed by atoms with Crippen molar-refractivity contribution in [2.24, 2.45) is 11.5 Å². The Morgan fingerprint density at radius 1 is 1.50 bits per heavy atom. The standard InChI is InChI=1S/C9H9N3OS/c10-4-7-12-8-5(9(11)13)2-1-3-6(8)14-7/h1-3H,4,10H2,(H2,11,13). The Bertz CT molecular complexity index is 492. The highest BCUT2D eigenvalue weighted by Crippen LogP contribution is 2.24. The van der Waals surface area contributed by atoms with Crippen LogP contribution >= 0.6 is 11.3 Å². The van der Waals surface area contributed by atoms with Gasteiger partial charge in [0.25, 0.3) is 5.91 Å². The maximum absolute atomic E-state index is 11.1. The summed E-state index contributed by atoms with van der Waals surface area (Å²) in [6.45, 7) is 0.386. The summed E-state index contributed by atoms with van der Waals surface area (Å²) in [6, 6.07) is 5.37. The van der Waals surface area contributed by atoms with Crippen molar-refractivity contribution in [3.05, 3.63) is 28.8 Å². The summed E-state index contributed by atoms with van der Waals surface area (Å²) in [7, 11) is 0. The topological polar surface area (TPSA) is 82.0 Å². The van der Waals surface area contributed by atoms with Gasteiger partial charge in [0.1, 0.15) is 5.01 Å². The number of para-hydroxylation sites is 1. The van der Waals surface area contributed by atoms with Crippen LogP contribution < -0.4 is 11.5 Å². The summed E-state index contributed by atoms with van der Waals surface area (Å²) in [5.41, 5.74) is 11.8. The SMILES string of the molecule is NCc1nc2c(C(N)=O)cccc2s1. The number of hydrogen-bond donors (Lipinski definition) is 2. The first kappa shape index (κ1) is 9.11. The lowest BCUT2D eigenvalue weighted by Crippen LogP contribution is -2.11. The van der Waals surface area contributed by atoms with Gasteiger partial charge in [-0.05, 0) is 12.1 Å². The highest BCUT2D eigenvalue weighted by atomic mass is 32.1. The molecule has 0 radical (unpaired) electrons. The molecule has 0 unspecified atom stereocenters. The van der Waals surface area contributed by atoms with E-state index in [2.05, 4.69) is 4.98 Å². The number of thiazole rings is 1. The van der Waals surface area contributed by atoms with E-state index in [1.54, 1.807) is 12.1 Å². The Balaban J connectivity index is 2.73. The monoisotopic (exact) mass is 207 g/mol. The Labute approximate surface area is 84.5 Å². The molecular weight excluding hydrogens is 198 g/mol. The van der Waals surface area contributed by atoms with E-state index in [-0.39, 0.29) is 0 Å². The van der Waals surface area contributed by atoms with Gasteiger partial charge >= 0.3 is 0 Å². The maximum Gasteiger partial charge on any atom is 0.250 e. The predicted octanol–water partition coefficient (Wildman–Crippen LogP) is 0.854. The molecule has 0 saturated carbocycles. The van der Waals surface area contributed by atoms with Crippen LogP contribution in [0.25, 0.3) is 10.2 Å². The first-order chi connectivity index (χ1) is 6.72. The van der Waals surface area contributed by atoms with Gasteiger partial charge in [0, 0.05) is 6.54 Å². The molecule has 2 rings (SSSR count). The van der Waals surface area contributed by atoms with Crippen LogP contribution in [0, 0.1) is 0 Å². The predicted molar refractivity (Wildman–Crippen MR) is 56.0 cm³/mol. The minimum absolute atomic E-state index is 0.386. The van der Waals surface area contributed by atoms with Crippen molar-refractivity contribution in [2.75, 3.05) is 0 Å². The molecule has 5 heteroatoms. The van der Waals surface area contributed by atoms with E-state index in [4.69, 9.17) is 11.5 Å². The number of primary amides is 1. The summed E-state index contributed by atoms with van der Waals surface area (Å²) in [6.07, 6.45) is 0. The Kier molecular flexibility index (Phi) is 2.18. The van der Waals surface area contributed by atoms with E-state index in [0.717, 1.165) is 9.71 Å². The number of amides is 1. The van der Waals surface area contributed by atoms with Crippen molar-refractivity contribution in [1.29, 1.82) is 0 Å². The van der Waals surface area contributed by atoms with Crippen LogP contribution in [0.15, 0.2) is 18.2 Å². The third kappa shape index (κ3) is 1.36. The quantitative estimate of drug-likeness (QED) is 0.766. The molecule has 0 aliphatic heterocycles. The Morgan fingerprint density at radius 2 is 2.29 bits per heavy atom. The van der Waals surface area contributed by atoms with Crippen molar-refractivity contribution in [1.82, 2.24) is 4.98 Å². The molecule has 1 aromatic carbocycles. The summed E-state index contributed by atoms with van der Waals surface area (Å²) in [5, 5.41) is 0.814. The second kappa shape index (κ2) is 3.36. The molecule has 0 saturated heterocycles. The fraction of sp³-hybridized carbons (Fsp3) is 0.111. The lowest BCUT2D eigenvalue weighted by Gasteiger charge is -1.94.